The molecule has 1 atom stereocenters. The van der Waals surface area contributed by atoms with Crippen molar-refractivity contribution in [2.75, 3.05) is 7.11 Å². The summed E-state index contributed by atoms with van der Waals surface area (Å²) in [5.41, 5.74) is 6.08. The van der Waals surface area contributed by atoms with Gasteiger partial charge in [0.2, 0.25) is 0 Å². The topological polar surface area (TPSA) is 35.2 Å². The minimum absolute atomic E-state index is 0.448. The van der Waals surface area contributed by atoms with Gasteiger partial charge in [0.1, 0.15) is 11.3 Å². The summed E-state index contributed by atoms with van der Waals surface area (Å²) in [7, 11) is 1.66. The minimum Gasteiger partial charge on any atom is -0.497 e. The summed E-state index contributed by atoms with van der Waals surface area (Å²) >= 11 is 5.82. The second-order valence-corrected chi connectivity index (χ2v) is 3.84. The molecule has 0 saturated carbocycles. The van der Waals surface area contributed by atoms with Crippen molar-refractivity contribution in [3.8, 4) is 5.75 Å². The van der Waals surface area contributed by atoms with Gasteiger partial charge in [-0.1, -0.05) is 18.2 Å². The normalized spacial score (nSPS) is 12.7. The Morgan fingerprint density at radius 3 is 2.47 bits per heavy atom. The highest BCUT2D eigenvalue weighted by atomic mass is 35.5. The van der Waals surface area contributed by atoms with Gasteiger partial charge in [0, 0.05) is 0 Å². The highest BCUT2D eigenvalue weighted by molar-refractivity contribution is 6.20. The zero-order valence-electron chi connectivity index (χ0n) is 8.41. The molecule has 0 aromatic heterocycles. The van der Waals surface area contributed by atoms with E-state index in [9.17, 15) is 0 Å². The van der Waals surface area contributed by atoms with Crippen LogP contribution in [0.1, 0.15) is 11.1 Å². The third-order valence-corrected chi connectivity index (χ3v) is 2.64. The molecule has 0 spiro atoms. The van der Waals surface area contributed by atoms with Crippen molar-refractivity contribution in [2.45, 2.75) is 5.50 Å². The lowest BCUT2D eigenvalue weighted by molar-refractivity contribution is 0.415. The Kier molecular flexibility index (Phi) is 2.80. The first-order valence-corrected chi connectivity index (χ1v) is 5.12. The Morgan fingerprint density at radius 2 is 1.80 bits per heavy atom. The highest BCUT2D eigenvalue weighted by Crippen LogP contribution is 2.24. The van der Waals surface area contributed by atoms with Gasteiger partial charge in [-0.25, -0.2) is 0 Å². The Bertz CT molecular complexity index is 482. The van der Waals surface area contributed by atoms with E-state index in [0.29, 0.717) is 0 Å². The van der Waals surface area contributed by atoms with Crippen molar-refractivity contribution >= 4 is 22.4 Å². The molecule has 0 amide bonds. The third-order valence-electron chi connectivity index (χ3n) is 2.39. The van der Waals surface area contributed by atoms with E-state index in [2.05, 4.69) is 0 Å². The molecule has 0 radical (unpaired) electrons. The lowest BCUT2D eigenvalue weighted by Gasteiger charge is -2.06. The van der Waals surface area contributed by atoms with E-state index in [1.54, 1.807) is 7.11 Å². The van der Waals surface area contributed by atoms with E-state index in [-0.39, 0.29) is 0 Å². The fraction of sp³-hybridized carbons (Fsp3) is 0.167. The van der Waals surface area contributed by atoms with Crippen LogP contribution in [0.3, 0.4) is 0 Å². The Balaban J connectivity index is 2.55. The number of rotatable bonds is 2. The van der Waals surface area contributed by atoms with Gasteiger partial charge >= 0.3 is 0 Å². The number of methoxy groups -OCH3 is 1. The maximum absolute atomic E-state index is 5.82. The van der Waals surface area contributed by atoms with E-state index in [4.69, 9.17) is 22.1 Å². The van der Waals surface area contributed by atoms with Crippen molar-refractivity contribution in [3.63, 3.8) is 0 Å². The van der Waals surface area contributed by atoms with Crippen molar-refractivity contribution in [2.24, 2.45) is 5.73 Å². The van der Waals surface area contributed by atoms with Gasteiger partial charge in [0.25, 0.3) is 0 Å². The maximum atomic E-state index is 5.82. The van der Waals surface area contributed by atoms with Crippen molar-refractivity contribution in [3.05, 3.63) is 42.0 Å². The number of ether oxygens (including phenoxy) is 1. The maximum Gasteiger partial charge on any atom is 0.119 e. The van der Waals surface area contributed by atoms with Crippen molar-refractivity contribution < 1.29 is 4.74 Å². The van der Waals surface area contributed by atoms with Crippen LogP contribution in [-0.4, -0.2) is 7.11 Å². The van der Waals surface area contributed by atoms with Crippen molar-refractivity contribution in [1.82, 2.24) is 0 Å². The number of fused-ring (bicyclic) bond motifs is 1. The Hall–Kier alpha value is -1.25. The van der Waals surface area contributed by atoms with Gasteiger partial charge in [0.05, 0.1) is 7.11 Å². The molecule has 0 heterocycles. The van der Waals surface area contributed by atoms with Crippen LogP contribution in [0.4, 0.5) is 0 Å². The average Bonchev–Trinajstić information content (AvgIpc) is 2.27. The summed E-state index contributed by atoms with van der Waals surface area (Å²) in [5, 5.41) is 2.24. The lowest BCUT2D eigenvalue weighted by Crippen LogP contribution is -2.01. The summed E-state index contributed by atoms with van der Waals surface area (Å²) < 4.78 is 5.15. The molecule has 0 fully saturated rings. The van der Waals surface area contributed by atoms with E-state index >= 15 is 0 Å². The molecular formula is C12H12ClNO. The third kappa shape index (κ3) is 2.06. The molecule has 15 heavy (non-hydrogen) atoms. The molecule has 2 N–H and O–H groups in total. The molecule has 2 aromatic carbocycles. The smallest absolute Gasteiger partial charge is 0.119 e. The number of hydrogen-bond acceptors (Lipinski definition) is 2. The fourth-order valence-electron chi connectivity index (χ4n) is 1.54. The van der Waals surface area contributed by atoms with Gasteiger partial charge in [0.15, 0.2) is 0 Å². The van der Waals surface area contributed by atoms with Crippen molar-refractivity contribution in [1.29, 1.82) is 0 Å². The Morgan fingerprint density at radius 1 is 1.13 bits per heavy atom. The highest BCUT2D eigenvalue weighted by Gasteiger charge is 2.03. The van der Waals surface area contributed by atoms with Crippen LogP contribution in [0.25, 0.3) is 10.8 Å². The molecule has 78 valence electrons. The zero-order chi connectivity index (χ0) is 10.8. The first kappa shape index (κ1) is 10.3. The molecule has 1 unspecified atom stereocenters. The molecule has 0 saturated heterocycles. The quantitative estimate of drug-likeness (QED) is 0.625. The van der Waals surface area contributed by atoms with Gasteiger partial charge in [-0.05, 0) is 34.5 Å². The zero-order valence-corrected chi connectivity index (χ0v) is 9.16. The van der Waals surface area contributed by atoms with Crippen LogP contribution in [0.2, 0.25) is 0 Å². The second-order valence-electron chi connectivity index (χ2n) is 3.37. The molecule has 2 nitrogen and oxygen atoms in total. The van der Waals surface area contributed by atoms with Gasteiger partial charge in [-0.3, -0.25) is 0 Å². The van der Waals surface area contributed by atoms with E-state index in [0.717, 1.165) is 22.1 Å². The van der Waals surface area contributed by atoms with Gasteiger partial charge in [-0.15, -0.1) is 11.6 Å². The first-order chi connectivity index (χ1) is 7.20. The summed E-state index contributed by atoms with van der Waals surface area (Å²) in [5.74, 6) is 0.852. The van der Waals surface area contributed by atoms with Crippen LogP contribution < -0.4 is 10.5 Å². The second kappa shape index (κ2) is 4.09. The number of benzene rings is 2. The summed E-state index contributed by atoms with van der Waals surface area (Å²) in [4.78, 5) is 0. The van der Waals surface area contributed by atoms with E-state index in [1.165, 1.54) is 0 Å². The molecule has 3 heteroatoms. The summed E-state index contributed by atoms with van der Waals surface area (Å²) in [6.45, 7) is 0. The molecule has 0 aliphatic rings. The monoisotopic (exact) mass is 221 g/mol. The van der Waals surface area contributed by atoms with E-state index < -0.39 is 5.50 Å². The molecule has 2 aromatic rings. The SMILES string of the molecule is COc1ccc2cc(C(N)Cl)ccc2c1. The van der Waals surface area contributed by atoms with Crippen LogP contribution in [0.15, 0.2) is 36.4 Å². The summed E-state index contributed by atoms with van der Waals surface area (Å²) in [6.07, 6.45) is 0. The predicted octanol–water partition coefficient (Wildman–Crippen LogP) is 3.04. The number of alkyl halides is 1. The van der Waals surface area contributed by atoms with Crippen LogP contribution in [-0.2, 0) is 0 Å². The van der Waals surface area contributed by atoms with Crippen LogP contribution in [0.5, 0.6) is 5.75 Å². The van der Waals surface area contributed by atoms with Crippen LogP contribution in [0, 0.1) is 0 Å². The largest absolute Gasteiger partial charge is 0.497 e. The molecule has 0 aliphatic heterocycles. The number of hydrogen-bond donors (Lipinski definition) is 1. The Labute approximate surface area is 93.6 Å². The minimum atomic E-state index is -0.448. The molecule has 2 rings (SSSR count). The van der Waals surface area contributed by atoms with Gasteiger partial charge < -0.3 is 10.5 Å². The van der Waals surface area contributed by atoms with E-state index in [1.807, 2.05) is 36.4 Å². The van der Waals surface area contributed by atoms with Gasteiger partial charge in [-0.2, -0.15) is 0 Å². The molecule has 0 aliphatic carbocycles. The van der Waals surface area contributed by atoms with Crippen LogP contribution >= 0.6 is 11.6 Å². The number of halogens is 1. The lowest BCUT2D eigenvalue weighted by atomic mass is 10.1. The standard InChI is InChI=1S/C12H12ClNO/c1-15-11-5-4-8-6-10(12(13)14)3-2-9(8)7-11/h2-7,12H,14H2,1H3. The predicted molar refractivity (Wildman–Crippen MR) is 63.3 cm³/mol. The average molecular weight is 222 g/mol. The first-order valence-electron chi connectivity index (χ1n) is 4.68. The summed E-state index contributed by atoms with van der Waals surface area (Å²) in [6, 6.07) is 11.8. The molecular weight excluding hydrogens is 210 g/mol. The fourth-order valence-corrected chi connectivity index (χ4v) is 1.68. The molecule has 0 bridgehead atoms. The number of nitrogens with two attached hydrogens (primary N) is 1.